The van der Waals surface area contributed by atoms with Crippen LogP contribution in [0.5, 0.6) is 0 Å². The van der Waals surface area contributed by atoms with Gasteiger partial charge in [0.2, 0.25) is 11.8 Å². The zero-order valence-corrected chi connectivity index (χ0v) is 12.8. The van der Waals surface area contributed by atoms with Crippen LogP contribution < -0.4 is 4.90 Å². The molecule has 3 rings (SSSR count). The largest absolute Gasteiger partial charge is 0.339 e. The van der Waals surface area contributed by atoms with Gasteiger partial charge in [0.05, 0.1) is 11.6 Å². The summed E-state index contributed by atoms with van der Waals surface area (Å²) in [5.74, 6) is 0.195. The number of halogens is 2. The zero-order chi connectivity index (χ0) is 15.7. The fourth-order valence-electron chi connectivity index (χ4n) is 2.56. The molecule has 0 bridgehead atoms. The van der Waals surface area contributed by atoms with Crippen molar-refractivity contribution >= 4 is 23.2 Å². The van der Waals surface area contributed by atoms with Crippen LogP contribution in [0, 0.1) is 5.82 Å². The van der Waals surface area contributed by atoms with E-state index in [4.69, 9.17) is 16.1 Å². The van der Waals surface area contributed by atoms with Gasteiger partial charge in [-0.3, -0.25) is 4.79 Å². The standard InChI is InChI=1S/C15H15ClFN3O2/c1-2-3-13-18-15(22-19-13)9-6-14(21)20(8-9)12-7-10(16)4-5-11(12)17/h4-5,7,9H,2-3,6,8H2,1H3. The molecule has 7 heteroatoms. The normalized spacial score (nSPS) is 18.2. The van der Waals surface area contributed by atoms with Gasteiger partial charge >= 0.3 is 0 Å². The summed E-state index contributed by atoms with van der Waals surface area (Å²) in [5.41, 5.74) is 0.188. The molecule has 5 nitrogen and oxygen atoms in total. The van der Waals surface area contributed by atoms with Crippen molar-refractivity contribution in [3.8, 4) is 0 Å². The number of carbonyl (C=O) groups is 1. The molecule has 2 heterocycles. The highest BCUT2D eigenvalue weighted by Gasteiger charge is 2.36. The van der Waals surface area contributed by atoms with Crippen molar-refractivity contribution < 1.29 is 13.7 Å². The van der Waals surface area contributed by atoms with Gasteiger partial charge in [0.1, 0.15) is 5.82 Å². The average Bonchev–Trinajstić information content (AvgIpc) is 3.09. The first kappa shape index (κ1) is 15.0. The number of hydrogen-bond acceptors (Lipinski definition) is 4. The topological polar surface area (TPSA) is 59.2 Å². The molecule has 1 saturated heterocycles. The summed E-state index contributed by atoms with van der Waals surface area (Å²) in [5, 5.41) is 4.28. The van der Waals surface area contributed by atoms with Gasteiger partial charge in [0.25, 0.3) is 0 Å². The van der Waals surface area contributed by atoms with E-state index in [0.29, 0.717) is 23.3 Å². The van der Waals surface area contributed by atoms with Crippen molar-refractivity contribution in [3.05, 3.63) is 40.8 Å². The molecular weight excluding hydrogens is 309 g/mol. The van der Waals surface area contributed by atoms with Crippen molar-refractivity contribution in [1.29, 1.82) is 0 Å². The van der Waals surface area contributed by atoms with Crippen LogP contribution in [0.25, 0.3) is 0 Å². The van der Waals surface area contributed by atoms with E-state index in [-0.39, 0.29) is 23.9 Å². The van der Waals surface area contributed by atoms with Crippen molar-refractivity contribution in [2.45, 2.75) is 32.1 Å². The third-order valence-corrected chi connectivity index (χ3v) is 3.87. The number of aryl methyl sites for hydroxylation is 1. The van der Waals surface area contributed by atoms with Gasteiger partial charge in [0.15, 0.2) is 5.82 Å². The Balaban J connectivity index is 1.82. The molecule has 2 aromatic rings. The Hall–Kier alpha value is -1.95. The number of hydrogen-bond donors (Lipinski definition) is 0. The maximum Gasteiger partial charge on any atom is 0.232 e. The van der Waals surface area contributed by atoms with Crippen molar-refractivity contribution in [1.82, 2.24) is 10.1 Å². The Morgan fingerprint density at radius 2 is 2.32 bits per heavy atom. The van der Waals surface area contributed by atoms with E-state index in [0.717, 1.165) is 12.8 Å². The first-order valence-electron chi connectivity index (χ1n) is 7.16. The third kappa shape index (κ3) is 2.83. The monoisotopic (exact) mass is 323 g/mol. The van der Waals surface area contributed by atoms with Crippen molar-refractivity contribution in [2.75, 3.05) is 11.4 Å². The van der Waals surface area contributed by atoms with Crippen LogP contribution in [0.3, 0.4) is 0 Å². The molecule has 1 aromatic carbocycles. The Morgan fingerprint density at radius 3 is 3.09 bits per heavy atom. The summed E-state index contributed by atoms with van der Waals surface area (Å²) in [7, 11) is 0. The number of anilines is 1. The molecule has 1 aliphatic rings. The van der Waals surface area contributed by atoms with Crippen LogP contribution in [-0.2, 0) is 11.2 Å². The molecule has 0 N–H and O–H groups in total. The third-order valence-electron chi connectivity index (χ3n) is 3.63. The minimum Gasteiger partial charge on any atom is -0.339 e. The molecule has 1 unspecified atom stereocenters. The molecule has 1 aliphatic heterocycles. The molecule has 22 heavy (non-hydrogen) atoms. The zero-order valence-electron chi connectivity index (χ0n) is 12.1. The highest BCUT2D eigenvalue weighted by atomic mass is 35.5. The van der Waals surface area contributed by atoms with Crippen molar-refractivity contribution in [2.24, 2.45) is 0 Å². The maximum absolute atomic E-state index is 13.9. The number of aromatic nitrogens is 2. The highest BCUT2D eigenvalue weighted by molar-refractivity contribution is 6.31. The second kappa shape index (κ2) is 6.04. The lowest BCUT2D eigenvalue weighted by Gasteiger charge is -2.17. The second-order valence-electron chi connectivity index (χ2n) is 5.30. The second-order valence-corrected chi connectivity index (χ2v) is 5.74. The number of carbonyl (C=O) groups excluding carboxylic acids is 1. The Kier molecular flexibility index (Phi) is 4.11. The van der Waals surface area contributed by atoms with Crippen molar-refractivity contribution in [3.63, 3.8) is 0 Å². The van der Waals surface area contributed by atoms with Gasteiger partial charge in [-0.1, -0.05) is 23.7 Å². The smallest absolute Gasteiger partial charge is 0.232 e. The van der Waals surface area contributed by atoms with Gasteiger partial charge < -0.3 is 9.42 Å². The Morgan fingerprint density at radius 1 is 1.50 bits per heavy atom. The van der Waals surface area contributed by atoms with E-state index in [1.165, 1.54) is 23.1 Å². The summed E-state index contributed by atoms with van der Waals surface area (Å²) >= 11 is 5.89. The molecule has 116 valence electrons. The van der Waals surface area contributed by atoms with Crippen LogP contribution in [0.2, 0.25) is 5.02 Å². The maximum atomic E-state index is 13.9. The highest BCUT2D eigenvalue weighted by Crippen LogP contribution is 2.33. The number of rotatable bonds is 4. The fraction of sp³-hybridized carbons (Fsp3) is 0.400. The lowest BCUT2D eigenvalue weighted by Crippen LogP contribution is -2.25. The van der Waals surface area contributed by atoms with Crippen LogP contribution in [0.1, 0.15) is 37.4 Å². The first-order chi connectivity index (χ1) is 10.6. The van der Waals surface area contributed by atoms with Crippen LogP contribution in [0.4, 0.5) is 10.1 Å². The first-order valence-corrected chi connectivity index (χ1v) is 7.54. The minimum absolute atomic E-state index is 0.179. The van der Waals surface area contributed by atoms with Crippen LogP contribution in [-0.4, -0.2) is 22.6 Å². The van der Waals surface area contributed by atoms with Crippen LogP contribution in [0.15, 0.2) is 22.7 Å². The van der Waals surface area contributed by atoms with Gasteiger partial charge in [-0.15, -0.1) is 0 Å². The van der Waals surface area contributed by atoms with Gasteiger partial charge in [0, 0.05) is 24.4 Å². The van der Waals surface area contributed by atoms with E-state index < -0.39 is 5.82 Å². The number of nitrogens with zero attached hydrogens (tertiary/aromatic N) is 3. The Labute approximate surface area is 132 Å². The summed E-state index contributed by atoms with van der Waals surface area (Å²) in [6.45, 7) is 2.34. The summed E-state index contributed by atoms with van der Waals surface area (Å²) < 4.78 is 19.2. The number of amides is 1. The van der Waals surface area contributed by atoms with Gasteiger partial charge in [-0.2, -0.15) is 4.98 Å². The molecule has 0 spiro atoms. The lowest BCUT2D eigenvalue weighted by molar-refractivity contribution is -0.117. The molecule has 0 saturated carbocycles. The molecule has 1 atom stereocenters. The molecule has 1 aromatic heterocycles. The van der Waals surface area contributed by atoms with E-state index in [1.807, 2.05) is 6.92 Å². The summed E-state index contributed by atoms with van der Waals surface area (Å²) in [4.78, 5) is 17.9. The lowest BCUT2D eigenvalue weighted by atomic mass is 10.1. The predicted molar refractivity (Wildman–Crippen MR) is 79.4 cm³/mol. The average molecular weight is 324 g/mol. The van der Waals surface area contributed by atoms with E-state index in [2.05, 4.69) is 10.1 Å². The minimum atomic E-state index is -0.476. The van der Waals surface area contributed by atoms with E-state index >= 15 is 0 Å². The summed E-state index contributed by atoms with van der Waals surface area (Å²) in [6.07, 6.45) is 1.87. The SMILES string of the molecule is CCCc1noc(C2CC(=O)N(c3cc(Cl)ccc3F)C2)n1. The molecule has 0 aliphatic carbocycles. The number of benzene rings is 1. The van der Waals surface area contributed by atoms with Gasteiger partial charge in [-0.05, 0) is 24.6 Å². The molecular formula is C15H15ClFN3O2. The summed E-state index contributed by atoms with van der Waals surface area (Å²) in [6, 6.07) is 4.16. The molecule has 1 amide bonds. The predicted octanol–water partition coefficient (Wildman–Crippen LogP) is 3.34. The fourth-order valence-corrected chi connectivity index (χ4v) is 2.72. The Bertz CT molecular complexity index is 704. The van der Waals surface area contributed by atoms with E-state index in [1.54, 1.807) is 0 Å². The quantitative estimate of drug-likeness (QED) is 0.866. The van der Waals surface area contributed by atoms with Gasteiger partial charge in [-0.25, -0.2) is 4.39 Å². The molecule has 0 radical (unpaired) electrons. The molecule has 1 fully saturated rings. The van der Waals surface area contributed by atoms with E-state index in [9.17, 15) is 9.18 Å². The van der Waals surface area contributed by atoms with Crippen LogP contribution >= 0.6 is 11.6 Å².